The third kappa shape index (κ3) is 6.13. The summed E-state index contributed by atoms with van der Waals surface area (Å²) in [6, 6.07) is 15.0. The van der Waals surface area contributed by atoms with E-state index in [1.165, 1.54) is 4.90 Å². The number of hydrogen-bond donors (Lipinski definition) is 0. The Hall–Kier alpha value is -3.33. The topological polar surface area (TPSA) is 79.6 Å². The molecule has 1 amide bonds. The van der Waals surface area contributed by atoms with E-state index >= 15 is 0 Å². The molecule has 0 aliphatic heterocycles. The summed E-state index contributed by atoms with van der Waals surface area (Å²) >= 11 is 0. The van der Waals surface area contributed by atoms with Gasteiger partial charge in [0.05, 0.1) is 12.5 Å². The second kappa shape index (κ2) is 10.1. The minimum absolute atomic E-state index is 0.184. The molecule has 0 aliphatic carbocycles. The summed E-state index contributed by atoms with van der Waals surface area (Å²) in [6.07, 6.45) is 0.184. The zero-order valence-corrected chi connectivity index (χ0v) is 16.4. The van der Waals surface area contributed by atoms with Gasteiger partial charge < -0.3 is 14.4 Å². The SMILES string of the molecule is Cc1ccc(N(CCC#N)C(=O)COC(=O)COc2ccc(C)cc2C)cc1. The average Bonchev–Trinajstić information content (AvgIpc) is 2.67. The number of hydrogen-bond acceptors (Lipinski definition) is 5. The van der Waals surface area contributed by atoms with E-state index in [2.05, 4.69) is 0 Å². The monoisotopic (exact) mass is 380 g/mol. The van der Waals surface area contributed by atoms with Crippen molar-refractivity contribution >= 4 is 17.6 Å². The number of esters is 1. The van der Waals surface area contributed by atoms with Crippen molar-refractivity contribution in [2.24, 2.45) is 0 Å². The molecule has 0 aromatic heterocycles. The van der Waals surface area contributed by atoms with Crippen LogP contribution >= 0.6 is 0 Å². The molecule has 2 rings (SSSR count). The molecule has 0 aliphatic rings. The molecule has 0 atom stereocenters. The minimum atomic E-state index is -0.627. The van der Waals surface area contributed by atoms with Crippen LogP contribution in [0.2, 0.25) is 0 Å². The average molecular weight is 380 g/mol. The molecular weight excluding hydrogens is 356 g/mol. The molecule has 0 spiro atoms. The fourth-order valence-corrected chi connectivity index (χ4v) is 2.64. The third-order valence-corrected chi connectivity index (χ3v) is 4.13. The quantitative estimate of drug-likeness (QED) is 0.655. The van der Waals surface area contributed by atoms with Gasteiger partial charge in [0.25, 0.3) is 5.91 Å². The molecule has 6 heteroatoms. The van der Waals surface area contributed by atoms with Gasteiger partial charge in [0.2, 0.25) is 0 Å². The highest BCUT2D eigenvalue weighted by molar-refractivity contribution is 5.95. The minimum Gasteiger partial charge on any atom is -0.482 e. The largest absolute Gasteiger partial charge is 0.482 e. The van der Waals surface area contributed by atoms with Crippen molar-refractivity contribution in [3.8, 4) is 11.8 Å². The molecule has 0 heterocycles. The summed E-state index contributed by atoms with van der Waals surface area (Å²) in [5, 5.41) is 8.83. The maximum atomic E-state index is 12.5. The second-order valence-corrected chi connectivity index (χ2v) is 6.51. The third-order valence-electron chi connectivity index (χ3n) is 4.13. The van der Waals surface area contributed by atoms with Gasteiger partial charge in [-0.2, -0.15) is 5.26 Å². The van der Waals surface area contributed by atoms with Crippen LogP contribution < -0.4 is 9.64 Å². The Kier molecular flexibility index (Phi) is 7.58. The van der Waals surface area contributed by atoms with Crippen LogP contribution in [0.5, 0.6) is 5.75 Å². The van der Waals surface area contributed by atoms with E-state index < -0.39 is 12.6 Å². The number of benzene rings is 2. The molecule has 2 aromatic carbocycles. The zero-order valence-electron chi connectivity index (χ0n) is 16.4. The van der Waals surface area contributed by atoms with Crippen molar-refractivity contribution in [2.45, 2.75) is 27.2 Å². The Morgan fingerprint density at radius 2 is 1.68 bits per heavy atom. The van der Waals surface area contributed by atoms with Crippen LogP contribution in [0, 0.1) is 32.1 Å². The van der Waals surface area contributed by atoms with Crippen molar-refractivity contribution in [1.82, 2.24) is 0 Å². The lowest BCUT2D eigenvalue weighted by Gasteiger charge is -2.22. The Balaban J connectivity index is 1.91. The number of ether oxygens (including phenoxy) is 2. The number of amides is 1. The van der Waals surface area contributed by atoms with Gasteiger partial charge in [-0.05, 0) is 44.5 Å². The van der Waals surface area contributed by atoms with Crippen molar-refractivity contribution in [3.63, 3.8) is 0 Å². The highest BCUT2D eigenvalue weighted by Crippen LogP contribution is 2.19. The highest BCUT2D eigenvalue weighted by Gasteiger charge is 2.18. The van der Waals surface area contributed by atoms with E-state index in [0.29, 0.717) is 11.4 Å². The highest BCUT2D eigenvalue weighted by atomic mass is 16.6. The van der Waals surface area contributed by atoms with Gasteiger partial charge >= 0.3 is 5.97 Å². The van der Waals surface area contributed by atoms with E-state index in [-0.39, 0.29) is 25.5 Å². The lowest BCUT2D eigenvalue weighted by molar-refractivity contribution is -0.149. The first-order valence-corrected chi connectivity index (χ1v) is 9.00. The smallest absolute Gasteiger partial charge is 0.344 e. The normalized spacial score (nSPS) is 10.1. The summed E-state index contributed by atoms with van der Waals surface area (Å²) in [4.78, 5) is 25.9. The van der Waals surface area contributed by atoms with Gasteiger partial charge in [-0.15, -0.1) is 0 Å². The van der Waals surface area contributed by atoms with E-state index in [1.807, 2.05) is 51.1 Å². The summed E-state index contributed by atoms with van der Waals surface area (Å²) in [7, 11) is 0. The second-order valence-electron chi connectivity index (χ2n) is 6.51. The fraction of sp³-hybridized carbons (Fsp3) is 0.318. The van der Waals surface area contributed by atoms with Crippen molar-refractivity contribution in [1.29, 1.82) is 5.26 Å². The number of rotatable bonds is 8. The number of carbonyl (C=O) groups excluding carboxylic acids is 2. The summed E-state index contributed by atoms with van der Waals surface area (Å²) in [5.41, 5.74) is 3.75. The summed E-state index contributed by atoms with van der Waals surface area (Å²) in [5.74, 6) is -0.416. The predicted octanol–water partition coefficient (Wildman–Crippen LogP) is 3.48. The Labute approximate surface area is 165 Å². The fourth-order valence-electron chi connectivity index (χ4n) is 2.64. The number of aryl methyl sites for hydroxylation is 3. The van der Waals surface area contributed by atoms with Crippen LogP contribution in [0.25, 0.3) is 0 Å². The maximum Gasteiger partial charge on any atom is 0.344 e. The van der Waals surface area contributed by atoms with Gasteiger partial charge in [-0.25, -0.2) is 4.79 Å². The molecule has 0 unspecified atom stereocenters. The van der Waals surface area contributed by atoms with Crippen LogP contribution in [0.15, 0.2) is 42.5 Å². The Morgan fingerprint density at radius 1 is 1.00 bits per heavy atom. The number of nitrogens with zero attached hydrogens (tertiary/aromatic N) is 2. The van der Waals surface area contributed by atoms with Gasteiger partial charge in [-0.3, -0.25) is 4.79 Å². The van der Waals surface area contributed by atoms with Gasteiger partial charge in [0.15, 0.2) is 13.2 Å². The van der Waals surface area contributed by atoms with Crippen LogP contribution in [0.4, 0.5) is 5.69 Å². The molecule has 0 saturated carbocycles. The standard InChI is InChI=1S/C22H24N2O4/c1-16-5-8-19(9-6-16)24(12-4-11-23)21(25)14-28-22(26)15-27-20-10-7-17(2)13-18(20)3/h5-10,13H,4,12,14-15H2,1-3H3. The van der Waals surface area contributed by atoms with E-state index in [0.717, 1.165) is 16.7 Å². The van der Waals surface area contributed by atoms with Crippen molar-refractivity contribution in [3.05, 3.63) is 59.2 Å². The molecule has 0 bridgehead atoms. The molecule has 146 valence electrons. The molecule has 28 heavy (non-hydrogen) atoms. The lowest BCUT2D eigenvalue weighted by atomic mass is 10.1. The van der Waals surface area contributed by atoms with Crippen LogP contribution in [-0.4, -0.2) is 31.6 Å². The van der Waals surface area contributed by atoms with Crippen LogP contribution in [-0.2, 0) is 14.3 Å². The number of anilines is 1. The molecular formula is C22H24N2O4. The van der Waals surface area contributed by atoms with Crippen molar-refractivity contribution in [2.75, 3.05) is 24.7 Å². The molecule has 0 fully saturated rings. The summed E-state index contributed by atoms with van der Waals surface area (Å²) in [6.45, 7) is 5.36. The van der Waals surface area contributed by atoms with Gasteiger partial charge in [-0.1, -0.05) is 35.4 Å². The zero-order chi connectivity index (χ0) is 20.5. The predicted molar refractivity (Wildman–Crippen MR) is 106 cm³/mol. The lowest BCUT2D eigenvalue weighted by Crippen LogP contribution is -2.36. The number of nitriles is 1. The molecule has 0 saturated heterocycles. The van der Waals surface area contributed by atoms with Crippen molar-refractivity contribution < 1.29 is 19.1 Å². The Bertz CT molecular complexity index is 869. The first-order chi connectivity index (χ1) is 13.4. The van der Waals surface area contributed by atoms with E-state index in [9.17, 15) is 9.59 Å². The first-order valence-electron chi connectivity index (χ1n) is 9.00. The maximum absolute atomic E-state index is 12.5. The number of carbonyl (C=O) groups is 2. The Morgan fingerprint density at radius 3 is 2.32 bits per heavy atom. The molecule has 2 aromatic rings. The molecule has 0 N–H and O–H groups in total. The first kappa shape index (κ1) is 21.0. The van der Waals surface area contributed by atoms with Gasteiger partial charge in [0.1, 0.15) is 5.75 Å². The molecule has 6 nitrogen and oxygen atoms in total. The van der Waals surface area contributed by atoms with E-state index in [4.69, 9.17) is 14.7 Å². The summed E-state index contributed by atoms with van der Waals surface area (Å²) < 4.78 is 10.5. The van der Waals surface area contributed by atoms with Crippen LogP contribution in [0.3, 0.4) is 0 Å². The van der Waals surface area contributed by atoms with E-state index in [1.54, 1.807) is 18.2 Å². The van der Waals surface area contributed by atoms with Gasteiger partial charge in [0, 0.05) is 12.2 Å². The molecule has 0 radical (unpaired) electrons. The van der Waals surface area contributed by atoms with Crippen LogP contribution in [0.1, 0.15) is 23.1 Å².